The fourth-order valence-electron chi connectivity index (χ4n) is 1.81. The van der Waals surface area contributed by atoms with Crippen LogP contribution in [-0.4, -0.2) is 11.9 Å². The van der Waals surface area contributed by atoms with Crippen LogP contribution in [0.15, 0.2) is 34.1 Å². The summed E-state index contributed by atoms with van der Waals surface area (Å²) < 4.78 is 14.8. The van der Waals surface area contributed by atoms with Gasteiger partial charge in [-0.2, -0.15) is 5.26 Å². The second-order valence-electron chi connectivity index (χ2n) is 4.30. The maximum Gasteiger partial charge on any atom is 0.127 e. The van der Waals surface area contributed by atoms with Gasteiger partial charge in [-0.05, 0) is 53.3 Å². The molecule has 0 aliphatic carbocycles. The molecule has 5 heteroatoms. The van der Waals surface area contributed by atoms with Crippen LogP contribution in [0.3, 0.4) is 0 Å². The van der Waals surface area contributed by atoms with Gasteiger partial charge in [-0.15, -0.1) is 11.3 Å². The van der Waals surface area contributed by atoms with E-state index in [-0.39, 0.29) is 5.82 Å². The van der Waals surface area contributed by atoms with E-state index in [1.54, 1.807) is 17.4 Å². The van der Waals surface area contributed by atoms with Crippen molar-refractivity contribution in [3.63, 3.8) is 0 Å². The van der Waals surface area contributed by atoms with Crippen LogP contribution in [0.2, 0.25) is 0 Å². The second kappa shape index (κ2) is 6.29. The number of nitrogens with zero attached hydrogens (tertiary/aromatic N) is 2. The van der Waals surface area contributed by atoms with Crippen molar-refractivity contribution in [3.05, 3.63) is 55.9 Å². The van der Waals surface area contributed by atoms with E-state index >= 15 is 0 Å². The van der Waals surface area contributed by atoms with Crippen molar-refractivity contribution in [1.29, 1.82) is 5.26 Å². The number of thiophene rings is 1. The van der Waals surface area contributed by atoms with Crippen molar-refractivity contribution in [2.45, 2.75) is 13.1 Å². The predicted octanol–water partition coefficient (Wildman–Crippen LogP) is 4.15. The molecule has 0 atom stereocenters. The molecule has 0 radical (unpaired) electrons. The van der Waals surface area contributed by atoms with Crippen molar-refractivity contribution in [2.24, 2.45) is 0 Å². The summed E-state index contributed by atoms with van der Waals surface area (Å²) in [6, 6.07) is 10.5. The molecule has 0 aliphatic rings. The molecule has 98 valence electrons. The molecule has 0 bridgehead atoms. The molecule has 0 N–H and O–H groups in total. The number of hydrogen-bond donors (Lipinski definition) is 0. The van der Waals surface area contributed by atoms with Crippen molar-refractivity contribution in [2.75, 3.05) is 7.05 Å². The highest BCUT2D eigenvalue weighted by Gasteiger charge is 2.08. The fourth-order valence-corrected chi connectivity index (χ4v) is 3.38. The summed E-state index contributed by atoms with van der Waals surface area (Å²) in [5, 5.41) is 8.84. The Balaban J connectivity index is 2.06. The Labute approximate surface area is 124 Å². The first-order chi connectivity index (χ1) is 9.08. The Kier molecular flexibility index (Phi) is 4.70. The van der Waals surface area contributed by atoms with E-state index in [0.29, 0.717) is 17.7 Å². The van der Waals surface area contributed by atoms with Crippen LogP contribution in [0.25, 0.3) is 0 Å². The summed E-state index contributed by atoms with van der Waals surface area (Å²) in [6.07, 6.45) is 0. The smallest absolute Gasteiger partial charge is 0.127 e. The summed E-state index contributed by atoms with van der Waals surface area (Å²) >= 11 is 5.09. The largest absolute Gasteiger partial charge is 0.297 e. The first-order valence-corrected chi connectivity index (χ1v) is 7.30. The standard InChI is InChI=1S/C14H12BrFN2S/c1-18(9-12-3-5-14(15)19-12)8-11-6-10(7-17)2-4-13(11)16/h2-6H,8-9H2,1H3. The lowest BCUT2D eigenvalue weighted by Gasteiger charge is -2.16. The average Bonchev–Trinajstić information content (AvgIpc) is 2.77. The summed E-state index contributed by atoms with van der Waals surface area (Å²) in [5.41, 5.74) is 1.04. The molecule has 0 fully saturated rings. The summed E-state index contributed by atoms with van der Waals surface area (Å²) in [7, 11) is 1.94. The first kappa shape index (κ1) is 14.2. The summed E-state index contributed by atoms with van der Waals surface area (Å²) in [4.78, 5) is 3.24. The first-order valence-electron chi connectivity index (χ1n) is 5.70. The van der Waals surface area contributed by atoms with Crippen molar-refractivity contribution < 1.29 is 4.39 Å². The van der Waals surface area contributed by atoms with E-state index in [9.17, 15) is 4.39 Å². The number of hydrogen-bond acceptors (Lipinski definition) is 3. The van der Waals surface area contributed by atoms with Gasteiger partial charge < -0.3 is 0 Å². The lowest BCUT2D eigenvalue weighted by atomic mass is 10.1. The Bertz CT molecular complexity index is 618. The van der Waals surface area contributed by atoms with Gasteiger partial charge in [-0.25, -0.2) is 4.39 Å². The zero-order valence-corrected chi connectivity index (χ0v) is 12.8. The van der Waals surface area contributed by atoms with E-state index in [1.807, 2.05) is 30.1 Å². The molecule has 1 aromatic heterocycles. The van der Waals surface area contributed by atoms with Gasteiger partial charge in [0, 0.05) is 23.5 Å². The van der Waals surface area contributed by atoms with Crippen LogP contribution in [0.4, 0.5) is 4.39 Å². The van der Waals surface area contributed by atoms with Crippen LogP contribution >= 0.6 is 27.3 Å². The van der Waals surface area contributed by atoms with Crippen LogP contribution in [-0.2, 0) is 13.1 Å². The zero-order valence-electron chi connectivity index (χ0n) is 10.4. The molecule has 0 spiro atoms. The van der Waals surface area contributed by atoms with Crippen molar-refractivity contribution >= 4 is 27.3 Å². The molecule has 19 heavy (non-hydrogen) atoms. The topological polar surface area (TPSA) is 27.0 Å². The molecule has 0 amide bonds. The minimum absolute atomic E-state index is 0.266. The van der Waals surface area contributed by atoms with Gasteiger partial charge >= 0.3 is 0 Å². The molecule has 2 rings (SSSR count). The van der Waals surface area contributed by atoms with Gasteiger partial charge in [0.1, 0.15) is 5.82 Å². The third-order valence-electron chi connectivity index (χ3n) is 2.67. The number of halogens is 2. The van der Waals surface area contributed by atoms with E-state index in [4.69, 9.17) is 5.26 Å². The van der Waals surface area contributed by atoms with Crippen LogP contribution < -0.4 is 0 Å². The molecule has 0 saturated carbocycles. The van der Waals surface area contributed by atoms with E-state index in [0.717, 1.165) is 10.3 Å². The van der Waals surface area contributed by atoms with Crippen LogP contribution in [0.5, 0.6) is 0 Å². The minimum atomic E-state index is -0.266. The summed E-state index contributed by atoms with van der Waals surface area (Å²) in [6.45, 7) is 1.24. The zero-order chi connectivity index (χ0) is 13.8. The molecular weight excluding hydrogens is 327 g/mol. The lowest BCUT2D eigenvalue weighted by Crippen LogP contribution is -2.17. The molecular formula is C14H12BrFN2S. The molecule has 1 aromatic carbocycles. The lowest BCUT2D eigenvalue weighted by molar-refractivity contribution is 0.316. The SMILES string of the molecule is CN(Cc1ccc(Br)s1)Cc1cc(C#N)ccc1F. The van der Waals surface area contributed by atoms with Crippen LogP contribution in [0, 0.1) is 17.1 Å². The number of benzene rings is 1. The highest BCUT2D eigenvalue weighted by atomic mass is 79.9. The molecule has 2 nitrogen and oxygen atoms in total. The van der Waals surface area contributed by atoms with Gasteiger partial charge in [0.2, 0.25) is 0 Å². The van der Waals surface area contributed by atoms with Gasteiger partial charge in [0.15, 0.2) is 0 Å². The van der Waals surface area contributed by atoms with Crippen molar-refractivity contribution in [3.8, 4) is 6.07 Å². The van der Waals surface area contributed by atoms with Crippen LogP contribution in [0.1, 0.15) is 16.0 Å². The highest BCUT2D eigenvalue weighted by Crippen LogP contribution is 2.23. The second-order valence-corrected chi connectivity index (χ2v) is 6.84. The normalized spacial score (nSPS) is 10.7. The van der Waals surface area contributed by atoms with Gasteiger partial charge in [0.25, 0.3) is 0 Å². The average molecular weight is 339 g/mol. The summed E-state index contributed by atoms with van der Waals surface area (Å²) in [5.74, 6) is -0.266. The van der Waals surface area contributed by atoms with Crippen molar-refractivity contribution in [1.82, 2.24) is 4.90 Å². The monoisotopic (exact) mass is 338 g/mol. The highest BCUT2D eigenvalue weighted by molar-refractivity contribution is 9.11. The third-order valence-corrected chi connectivity index (χ3v) is 4.28. The molecule has 2 aromatic rings. The molecule has 0 aliphatic heterocycles. The predicted molar refractivity (Wildman–Crippen MR) is 78.3 cm³/mol. The third kappa shape index (κ3) is 3.87. The Morgan fingerprint density at radius 1 is 1.32 bits per heavy atom. The Morgan fingerprint density at radius 3 is 2.74 bits per heavy atom. The molecule has 0 saturated heterocycles. The maximum absolute atomic E-state index is 13.7. The van der Waals surface area contributed by atoms with E-state index < -0.39 is 0 Å². The quantitative estimate of drug-likeness (QED) is 0.837. The molecule has 0 unspecified atom stereocenters. The van der Waals surface area contributed by atoms with Gasteiger partial charge in [-0.1, -0.05) is 0 Å². The van der Waals surface area contributed by atoms with E-state index in [1.165, 1.54) is 17.0 Å². The van der Waals surface area contributed by atoms with E-state index in [2.05, 4.69) is 15.9 Å². The van der Waals surface area contributed by atoms with Gasteiger partial charge in [-0.3, -0.25) is 4.90 Å². The maximum atomic E-state index is 13.7. The Morgan fingerprint density at radius 2 is 2.11 bits per heavy atom. The minimum Gasteiger partial charge on any atom is -0.297 e. The number of rotatable bonds is 4. The Hall–Kier alpha value is -1.22. The number of nitriles is 1. The molecule has 1 heterocycles. The van der Waals surface area contributed by atoms with Gasteiger partial charge in [0.05, 0.1) is 15.4 Å². The fraction of sp³-hybridized carbons (Fsp3) is 0.214.